The minimum absolute atomic E-state index is 0.115. The molecule has 2 heterocycles. The van der Waals surface area contributed by atoms with Crippen LogP contribution in [0, 0.1) is 5.41 Å². The largest absolute Gasteiger partial charge is 0.489 e. The molecular formula is C15H14ClNO5. The third-order valence-electron chi connectivity index (χ3n) is 3.27. The molecule has 7 heteroatoms. The molecule has 1 aromatic heterocycles. The van der Waals surface area contributed by atoms with Crippen molar-refractivity contribution in [1.29, 1.82) is 0 Å². The predicted octanol–water partition coefficient (Wildman–Crippen LogP) is 3.49. The van der Waals surface area contributed by atoms with Gasteiger partial charge in [-0.25, -0.2) is 4.79 Å². The summed E-state index contributed by atoms with van der Waals surface area (Å²) in [5.74, 6) is -0.337. The molecule has 0 aliphatic carbocycles. The fourth-order valence-corrected chi connectivity index (χ4v) is 2.30. The van der Waals surface area contributed by atoms with Gasteiger partial charge in [-0.15, -0.1) is 0 Å². The minimum Gasteiger partial charge on any atom is -0.489 e. The lowest BCUT2D eigenvalue weighted by Crippen LogP contribution is -2.26. The number of halogens is 1. The number of aromatic nitrogens is 1. The molecule has 2 aromatic rings. The average molecular weight is 324 g/mol. The molecule has 1 aliphatic rings. The fourth-order valence-electron chi connectivity index (χ4n) is 2.05. The van der Waals surface area contributed by atoms with E-state index in [0.29, 0.717) is 41.0 Å². The summed E-state index contributed by atoms with van der Waals surface area (Å²) in [6, 6.07) is 4.64. The maximum absolute atomic E-state index is 10.9. The second kappa shape index (κ2) is 5.21. The van der Waals surface area contributed by atoms with Crippen LogP contribution in [0.4, 0.5) is 0 Å². The number of fused-ring (bicyclic) bond motifs is 1. The smallest absolute Gasteiger partial charge is 0.374 e. The Morgan fingerprint density at radius 3 is 2.45 bits per heavy atom. The summed E-state index contributed by atoms with van der Waals surface area (Å²) in [6.45, 7) is 5.10. The number of carboxylic acid groups (broad SMARTS) is 1. The third-order valence-corrected chi connectivity index (χ3v) is 3.58. The molecule has 0 radical (unpaired) electrons. The number of ether oxygens (including phenoxy) is 2. The lowest BCUT2D eigenvalue weighted by atomic mass is 9.97. The SMILES string of the molecule is CC1(C)COc2cc(Cl)c(-c3cc(C(=O)O)on3)cc2OC1. The molecule has 116 valence electrons. The standard InChI is InChI=1S/C15H14ClNO5/c1-15(2)6-20-11-3-8(9(16)4-12(11)21-7-15)10-5-13(14(18)19)22-17-10/h3-5H,6-7H2,1-2H3,(H,18,19). The van der Waals surface area contributed by atoms with Crippen molar-refractivity contribution in [2.24, 2.45) is 5.41 Å². The summed E-state index contributed by atoms with van der Waals surface area (Å²) in [5, 5.41) is 13.0. The maximum Gasteiger partial charge on any atom is 0.374 e. The van der Waals surface area contributed by atoms with Crippen LogP contribution in [0.3, 0.4) is 0 Å². The first-order chi connectivity index (χ1) is 10.4. The van der Waals surface area contributed by atoms with Gasteiger partial charge in [0.15, 0.2) is 11.5 Å². The van der Waals surface area contributed by atoms with Gasteiger partial charge in [0.2, 0.25) is 5.76 Å². The number of carbonyl (C=O) groups is 1. The first-order valence-corrected chi connectivity index (χ1v) is 7.03. The number of rotatable bonds is 2. The Balaban J connectivity index is 2.00. The maximum atomic E-state index is 10.9. The molecule has 0 fully saturated rings. The van der Waals surface area contributed by atoms with E-state index in [1.54, 1.807) is 12.1 Å². The minimum atomic E-state index is -1.19. The van der Waals surface area contributed by atoms with Crippen molar-refractivity contribution in [3.05, 3.63) is 29.0 Å². The Labute approximate surface area is 131 Å². The summed E-state index contributed by atoms with van der Waals surface area (Å²) in [7, 11) is 0. The zero-order valence-electron chi connectivity index (χ0n) is 12.1. The van der Waals surface area contributed by atoms with Crippen LogP contribution in [0.15, 0.2) is 22.7 Å². The highest BCUT2D eigenvalue weighted by Gasteiger charge is 2.26. The van der Waals surface area contributed by atoms with Crippen LogP contribution in [0.2, 0.25) is 5.02 Å². The van der Waals surface area contributed by atoms with E-state index >= 15 is 0 Å². The number of hydrogen-bond acceptors (Lipinski definition) is 5. The lowest BCUT2D eigenvalue weighted by molar-refractivity contribution is 0.0652. The lowest BCUT2D eigenvalue weighted by Gasteiger charge is -2.19. The van der Waals surface area contributed by atoms with Gasteiger partial charge in [-0.3, -0.25) is 0 Å². The van der Waals surface area contributed by atoms with Crippen LogP contribution in [0.25, 0.3) is 11.3 Å². The molecular weight excluding hydrogens is 310 g/mol. The molecule has 0 unspecified atom stereocenters. The topological polar surface area (TPSA) is 81.8 Å². The van der Waals surface area contributed by atoms with Gasteiger partial charge >= 0.3 is 5.97 Å². The number of hydrogen-bond donors (Lipinski definition) is 1. The van der Waals surface area contributed by atoms with E-state index < -0.39 is 5.97 Å². The Morgan fingerprint density at radius 1 is 1.23 bits per heavy atom. The molecule has 3 rings (SSSR count). The number of aromatic carboxylic acids is 1. The van der Waals surface area contributed by atoms with Gasteiger partial charge in [-0.05, 0) is 6.07 Å². The molecule has 0 atom stereocenters. The number of nitrogens with zero attached hydrogens (tertiary/aromatic N) is 1. The van der Waals surface area contributed by atoms with Crippen LogP contribution in [-0.4, -0.2) is 29.4 Å². The second-order valence-corrected chi connectivity index (χ2v) is 6.31. The molecule has 0 bridgehead atoms. The highest BCUT2D eigenvalue weighted by molar-refractivity contribution is 6.33. The van der Waals surface area contributed by atoms with Gasteiger partial charge < -0.3 is 19.1 Å². The molecule has 0 spiro atoms. The normalized spacial score (nSPS) is 16.1. The van der Waals surface area contributed by atoms with E-state index in [4.69, 9.17) is 30.7 Å². The Morgan fingerprint density at radius 2 is 1.86 bits per heavy atom. The van der Waals surface area contributed by atoms with Gasteiger partial charge in [-0.2, -0.15) is 0 Å². The summed E-state index contributed by atoms with van der Waals surface area (Å²) in [6.07, 6.45) is 0. The quantitative estimate of drug-likeness (QED) is 0.911. The molecule has 6 nitrogen and oxygen atoms in total. The first kappa shape index (κ1) is 14.7. The number of benzene rings is 1. The van der Waals surface area contributed by atoms with Crippen molar-refractivity contribution in [1.82, 2.24) is 5.16 Å². The Bertz CT molecular complexity index is 738. The van der Waals surface area contributed by atoms with Crippen molar-refractivity contribution in [2.45, 2.75) is 13.8 Å². The third kappa shape index (κ3) is 2.74. The Kier molecular flexibility index (Phi) is 3.48. The van der Waals surface area contributed by atoms with E-state index in [2.05, 4.69) is 5.16 Å². The van der Waals surface area contributed by atoms with Crippen LogP contribution < -0.4 is 9.47 Å². The fraction of sp³-hybridized carbons (Fsp3) is 0.333. The van der Waals surface area contributed by atoms with E-state index in [-0.39, 0.29) is 11.2 Å². The molecule has 0 saturated carbocycles. The zero-order chi connectivity index (χ0) is 15.9. The van der Waals surface area contributed by atoms with Crippen molar-refractivity contribution >= 4 is 17.6 Å². The van der Waals surface area contributed by atoms with Crippen LogP contribution in [0.1, 0.15) is 24.4 Å². The van der Waals surface area contributed by atoms with E-state index in [1.807, 2.05) is 13.8 Å². The van der Waals surface area contributed by atoms with E-state index in [0.717, 1.165) is 0 Å². The number of carboxylic acids is 1. The van der Waals surface area contributed by atoms with Crippen molar-refractivity contribution in [3.8, 4) is 22.8 Å². The van der Waals surface area contributed by atoms with Crippen molar-refractivity contribution in [2.75, 3.05) is 13.2 Å². The van der Waals surface area contributed by atoms with E-state index in [1.165, 1.54) is 6.07 Å². The van der Waals surface area contributed by atoms with Crippen molar-refractivity contribution in [3.63, 3.8) is 0 Å². The highest BCUT2D eigenvalue weighted by Crippen LogP contribution is 2.41. The van der Waals surface area contributed by atoms with Gasteiger partial charge in [0.25, 0.3) is 0 Å². The molecule has 0 amide bonds. The summed E-state index contributed by atoms with van der Waals surface area (Å²) in [5.41, 5.74) is 0.744. The Hall–Kier alpha value is -2.21. The monoisotopic (exact) mass is 323 g/mol. The van der Waals surface area contributed by atoms with Gasteiger partial charge in [0.05, 0.1) is 18.2 Å². The van der Waals surface area contributed by atoms with Crippen LogP contribution in [0.5, 0.6) is 11.5 Å². The zero-order valence-corrected chi connectivity index (χ0v) is 12.8. The average Bonchev–Trinajstić information content (AvgIpc) is 2.88. The first-order valence-electron chi connectivity index (χ1n) is 6.65. The molecule has 1 aliphatic heterocycles. The second-order valence-electron chi connectivity index (χ2n) is 5.90. The molecule has 1 aromatic carbocycles. The molecule has 1 N–H and O–H groups in total. The van der Waals surface area contributed by atoms with Crippen LogP contribution in [-0.2, 0) is 0 Å². The summed E-state index contributed by atoms with van der Waals surface area (Å²) in [4.78, 5) is 10.9. The van der Waals surface area contributed by atoms with Crippen molar-refractivity contribution < 1.29 is 23.9 Å². The predicted molar refractivity (Wildman–Crippen MR) is 78.7 cm³/mol. The summed E-state index contributed by atoms with van der Waals surface area (Å²) < 4.78 is 16.3. The van der Waals surface area contributed by atoms with Gasteiger partial charge in [-0.1, -0.05) is 30.6 Å². The van der Waals surface area contributed by atoms with Gasteiger partial charge in [0.1, 0.15) is 5.69 Å². The van der Waals surface area contributed by atoms with Gasteiger partial charge in [0, 0.05) is 23.1 Å². The van der Waals surface area contributed by atoms with E-state index in [9.17, 15) is 4.79 Å². The molecule has 22 heavy (non-hydrogen) atoms. The van der Waals surface area contributed by atoms with Crippen LogP contribution >= 0.6 is 11.6 Å². The highest BCUT2D eigenvalue weighted by atomic mass is 35.5. The summed E-state index contributed by atoms with van der Waals surface area (Å²) >= 11 is 6.24. The molecule has 0 saturated heterocycles.